The Hall–Kier alpha value is 0.270. The van der Waals surface area contributed by atoms with E-state index in [1.807, 2.05) is 6.92 Å². The number of rotatable bonds is 3. The molecular formula is C4H6N3NaO3S2. The van der Waals surface area contributed by atoms with Crippen LogP contribution in [0, 0.1) is 0 Å². The molecule has 0 fully saturated rings. The first-order valence-electron chi connectivity index (χ1n) is 3.07. The zero-order chi connectivity index (χ0) is 9.19. The molecule has 0 radical (unpaired) electrons. The van der Waals surface area contributed by atoms with Crippen LogP contribution in [-0.2, 0) is 16.7 Å². The number of hydrogen-bond donors (Lipinski definition) is 1. The molecule has 1 aromatic rings. The molecule has 6 nitrogen and oxygen atoms in total. The van der Waals surface area contributed by atoms with Crippen LogP contribution >= 0.6 is 11.3 Å². The molecule has 0 aliphatic heterocycles. The van der Waals surface area contributed by atoms with Crippen molar-refractivity contribution in [3.05, 3.63) is 5.01 Å². The summed E-state index contributed by atoms with van der Waals surface area (Å²) in [6.07, 6.45) is 0.665. The van der Waals surface area contributed by atoms with Crippen LogP contribution in [0.2, 0.25) is 0 Å². The van der Waals surface area contributed by atoms with Crippen molar-refractivity contribution < 1.29 is 42.5 Å². The molecule has 0 atom stereocenters. The van der Waals surface area contributed by atoms with Gasteiger partial charge in [0.15, 0.2) is 10.3 Å². The SMILES string of the molecule is CCc1nnc(NS(=O)(=O)[O-])s1.[Na+]. The maximum absolute atomic E-state index is 10.2. The molecule has 1 rings (SSSR count). The van der Waals surface area contributed by atoms with E-state index in [0.29, 0.717) is 11.4 Å². The largest absolute Gasteiger partial charge is 1.00 e. The molecule has 0 aliphatic rings. The summed E-state index contributed by atoms with van der Waals surface area (Å²) < 4.78 is 32.2. The molecule has 0 saturated carbocycles. The van der Waals surface area contributed by atoms with Gasteiger partial charge in [-0.1, -0.05) is 18.3 Å². The topological polar surface area (TPSA) is 95.0 Å². The van der Waals surface area contributed by atoms with Crippen molar-refractivity contribution in [2.24, 2.45) is 0 Å². The summed E-state index contributed by atoms with van der Waals surface area (Å²) in [5.41, 5.74) is 0. The van der Waals surface area contributed by atoms with Gasteiger partial charge in [-0.25, -0.2) is 8.42 Å². The summed E-state index contributed by atoms with van der Waals surface area (Å²) in [7, 11) is -4.46. The van der Waals surface area contributed by atoms with Gasteiger partial charge in [0.25, 0.3) is 0 Å². The van der Waals surface area contributed by atoms with Crippen molar-refractivity contribution in [2.45, 2.75) is 13.3 Å². The molecule has 1 heterocycles. The molecule has 9 heteroatoms. The summed E-state index contributed by atoms with van der Waals surface area (Å²) in [6.45, 7) is 1.86. The van der Waals surface area contributed by atoms with Gasteiger partial charge in [0.1, 0.15) is 5.01 Å². The maximum atomic E-state index is 10.2. The van der Waals surface area contributed by atoms with E-state index < -0.39 is 10.3 Å². The zero-order valence-corrected chi connectivity index (χ0v) is 10.8. The molecule has 1 aromatic heterocycles. The molecule has 13 heavy (non-hydrogen) atoms. The second kappa shape index (κ2) is 5.23. The van der Waals surface area contributed by atoms with Crippen LogP contribution in [0.15, 0.2) is 0 Å². The monoisotopic (exact) mass is 231 g/mol. The standard InChI is InChI=1S/C4H7N3O3S2.Na/c1-2-3-5-6-4(11-3)7-12(8,9)10;/h2H2,1H3,(H,6,7)(H,8,9,10);/q;+1/p-1. The van der Waals surface area contributed by atoms with Crippen molar-refractivity contribution in [2.75, 3.05) is 4.72 Å². The summed E-state index contributed by atoms with van der Waals surface area (Å²) in [6, 6.07) is 0. The number of aryl methyl sites for hydroxylation is 1. The third kappa shape index (κ3) is 4.89. The van der Waals surface area contributed by atoms with Crippen molar-refractivity contribution in [3.8, 4) is 0 Å². The summed E-state index contributed by atoms with van der Waals surface area (Å²) >= 11 is 1.05. The van der Waals surface area contributed by atoms with E-state index in [9.17, 15) is 13.0 Å². The fourth-order valence-electron chi connectivity index (χ4n) is 0.545. The van der Waals surface area contributed by atoms with Crippen LogP contribution in [0.3, 0.4) is 0 Å². The van der Waals surface area contributed by atoms with Crippen LogP contribution < -0.4 is 34.3 Å². The fourth-order valence-corrected chi connectivity index (χ4v) is 1.80. The summed E-state index contributed by atoms with van der Waals surface area (Å²) in [5, 5.41) is 7.77. The molecule has 0 spiro atoms. The number of nitrogens with zero attached hydrogens (tertiary/aromatic N) is 2. The number of anilines is 1. The molecule has 0 aromatic carbocycles. The van der Waals surface area contributed by atoms with Gasteiger partial charge in [0, 0.05) is 0 Å². The molecule has 0 bridgehead atoms. The van der Waals surface area contributed by atoms with Crippen LogP contribution in [-0.4, -0.2) is 23.2 Å². The Kier molecular flexibility index (Phi) is 5.33. The third-order valence-electron chi connectivity index (χ3n) is 0.982. The molecular weight excluding hydrogens is 225 g/mol. The number of aromatic nitrogens is 2. The van der Waals surface area contributed by atoms with Gasteiger partial charge in [0.05, 0.1) is 0 Å². The quantitative estimate of drug-likeness (QED) is 0.441. The Morgan fingerprint density at radius 2 is 2.15 bits per heavy atom. The van der Waals surface area contributed by atoms with Crippen LogP contribution in [0.4, 0.5) is 5.13 Å². The van der Waals surface area contributed by atoms with E-state index in [2.05, 4.69) is 10.2 Å². The molecule has 68 valence electrons. The van der Waals surface area contributed by atoms with E-state index in [-0.39, 0.29) is 34.7 Å². The minimum absolute atomic E-state index is 0. The Morgan fingerprint density at radius 1 is 1.54 bits per heavy atom. The van der Waals surface area contributed by atoms with Crippen molar-refractivity contribution >= 4 is 26.8 Å². The van der Waals surface area contributed by atoms with Gasteiger partial charge in [-0.3, -0.25) is 4.72 Å². The average molecular weight is 231 g/mol. The van der Waals surface area contributed by atoms with Crippen molar-refractivity contribution in [1.29, 1.82) is 0 Å². The molecule has 0 saturated heterocycles. The van der Waals surface area contributed by atoms with Gasteiger partial charge in [-0.15, -0.1) is 10.2 Å². The normalized spacial score (nSPS) is 10.6. The van der Waals surface area contributed by atoms with Gasteiger partial charge in [0.2, 0.25) is 5.13 Å². The fraction of sp³-hybridized carbons (Fsp3) is 0.500. The van der Waals surface area contributed by atoms with E-state index in [1.165, 1.54) is 0 Å². The minimum atomic E-state index is -4.46. The molecule has 1 N–H and O–H groups in total. The molecule has 0 unspecified atom stereocenters. The van der Waals surface area contributed by atoms with Crippen LogP contribution in [0.5, 0.6) is 0 Å². The van der Waals surface area contributed by atoms with Crippen molar-refractivity contribution in [3.63, 3.8) is 0 Å². The smallest absolute Gasteiger partial charge is 0.731 e. The summed E-state index contributed by atoms with van der Waals surface area (Å²) in [4.78, 5) is 0. The van der Waals surface area contributed by atoms with Gasteiger partial charge in [-0.05, 0) is 6.42 Å². The van der Waals surface area contributed by atoms with Crippen molar-refractivity contribution in [1.82, 2.24) is 10.2 Å². The third-order valence-corrected chi connectivity index (χ3v) is 2.54. The Bertz CT molecular complexity index is 362. The number of nitrogens with one attached hydrogen (secondary N) is 1. The zero-order valence-electron chi connectivity index (χ0n) is 7.14. The average Bonchev–Trinajstić information content (AvgIpc) is 2.32. The van der Waals surface area contributed by atoms with Gasteiger partial charge >= 0.3 is 29.6 Å². The van der Waals surface area contributed by atoms with Gasteiger partial charge in [-0.2, -0.15) is 0 Å². The second-order valence-corrected chi connectivity index (χ2v) is 4.09. The van der Waals surface area contributed by atoms with Gasteiger partial charge < -0.3 is 4.55 Å². The first kappa shape index (κ1) is 13.3. The van der Waals surface area contributed by atoms with E-state index in [0.717, 1.165) is 11.3 Å². The van der Waals surface area contributed by atoms with E-state index >= 15 is 0 Å². The maximum Gasteiger partial charge on any atom is 1.00 e. The Balaban J connectivity index is 0.00000144. The Labute approximate surface area is 102 Å². The molecule has 0 amide bonds. The first-order valence-corrected chi connectivity index (χ1v) is 5.29. The Morgan fingerprint density at radius 3 is 2.54 bits per heavy atom. The van der Waals surface area contributed by atoms with E-state index in [1.54, 1.807) is 4.72 Å². The molecule has 0 aliphatic carbocycles. The second-order valence-electron chi connectivity index (χ2n) is 1.91. The minimum Gasteiger partial charge on any atom is -0.731 e. The predicted molar refractivity (Wildman–Crippen MR) is 42.6 cm³/mol. The van der Waals surface area contributed by atoms with Crippen LogP contribution in [0.1, 0.15) is 11.9 Å². The van der Waals surface area contributed by atoms with Crippen LogP contribution in [0.25, 0.3) is 0 Å². The predicted octanol–water partition coefficient (Wildman–Crippen LogP) is -3.02. The summed E-state index contributed by atoms with van der Waals surface area (Å²) in [5.74, 6) is 0. The number of hydrogen-bond acceptors (Lipinski definition) is 6. The van der Waals surface area contributed by atoms with E-state index in [4.69, 9.17) is 0 Å². The first-order chi connectivity index (χ1) is 5.51.